The number of rotatable bonds is 4. The Balaban J connectivity index is 1.41. The van der Waals surface area contributed by atoms with Crippen LogP contribution in [-0.2, 0) is 14.3 Å². The van der Waals surface area contributed by atoms with E-state index >= 15 is 0 Å². The van der Waals surface area contributed by atoms with Gasteiger partial charge in [-0.25, -0.2) is 0 Å². The van der Waals surface area contributed by atoms with E-state index in [-0.39, 0.29) is 28.5 Å². The van der Waals surface area contributed by atoms with E-state index in [0.29, 0.717) is 22.9 Å². The van der Waals surface area contributed by atoms with Gasteiger partial charge in [-0.2, -0.15) is 0 Å². The van der Waals surface area contributed by atoms with Crippen molar-refractivity contribution < 1.29 is 14.3 Å². The molecule has 0 aromatic carbocycles. The Morgan fingerprint density at radius 3 is 2.29 bits per heavy atom. The summed E-state index contributed by atoms with van der Waals surface area (Å²) in [6.45, 7) is 21.2. The van der Waals surface area contributed by atoms with Crippen LogP contribution in [0.3, 0.4) is 0 Å². The number of fused-ring (bicyclic) bond motifs is 4. The van der Waals surface area contributed by atoms with Gasteiger partial charge in [-0.15, -0.1) is 0 Å². The fraction of sp³-hybridized carbons (Fsp3) is 0.906. The summed E-state index contributed by atoms with van der Waals surface area (Å²) in [5.74, 6) is 2.01. The Morgan fingerprint density at radius 1 is 0.971 bits per heavy atom. The summed E-state index contributed by atoms with van der Waals surface area (Å²) in [7, 11) is 0. The Labute approximate surface area is 215 Å². The molecule has 8 atom stereocenters. The third-order valence-electron chi connectivity index (χ3n) is 12.6. The first-order valence-corrected chi connectivity index (χ1v) is 14.7. The van der Waals surface area contributed by atoms with E-state index in [9.17, 15) is 4.79 Å². The standard InChI is InChI=1S/C32H52O3/c1-20(18-22-19-28(3,4)35-22)23-12-16-32(9)25-10-11-26-29(5,6)27(34-21(2)33)14-15-30(26,7)24(25)13-17-31(23,32)8/h20,22-23,26-27H,10-19H2,1-9H3/t20-,22?,23?,26?,27+,30-,31-,32+/m1/s1. The molecule has 0 bridgehead atoms. The summed E-state index contributed by atoms with van der Waals surface area (Å²) in [5, 5.41) is 0. The number of allylic oxidation sites excluding steroid dienone is 2. The molecule has 198 valence electrons. The van der Waals surface area contributed by atoms with Crippen LogP contribution < -0.4 is 0 Å². The quantitative estimate of drug-likeness (QED) is 0.297. The number of carbonyl (C=O) groups excluding carboxylic acids is 1. The summed E-state index contributed by atoms with van der Waals surface area (Å²) < 4.78 is 12.1. The molecule has 0 spiro atoms. The molecule has 2 saturated carbocycles. The zero-order valence-corrected chi connectivity index (χ0v) is 24.2. The van der Waals surface area contributed by atoms with Gasteiger partial charge in [-0.3, -0.25) is 4.79 Å². The smallest absolute Gasteiger partial charge is 0.302 e. The first kappa shape index (κ1) is 25.8. The van der Waals surface area contributed by atoms with Crippen LogP contribution in [0.2, 0.25) is 0 Å². The third kappa shape index (κ3) is 3.71. The minimum atomic E-state index is -0.120. The Hall–Kier alpha value is -0.830. The van der Waals surface area contributed by atoms with Crippen molar-refractivity contribution in [3.05, 3.63) is 11.1 Å². The Kier molecular flexibility index (Phi) is 5.96. The predicted molar refractivity (Wildman–Crippen MR) is 142 cm³/mol. The van der Waals surface area contributed by atoms with Gasteiger partial charge in [-0.05, 0) is 106 Å². The van der Waals surface area contributed by atoms with E-state index in [1.165, 1.54) is 57.8 Å². The topological polar surface area (TPSA) is 35.5 Å². The SMILES string of the molecule is CC(=O)O[C@H]1CC[C@]2(C)C3=C(CCC2C1(C)C)[C@]1(C)CCC([C@H](C)CC2CC(C)(C)O2)[C@@]1(C)CC3. The monoisotopic (exact) mass is 484 g/mol. The number of esters is 1. The molecule has 1 heterocycles. The number of ether oxygens (including phenoxy) is 2. The van der Waals surface area contributed by atoms with Gasteiger partial charge in [0.1, 0.15) is 6.10 Å². The van der Waals surface area contributed by atoms with E-state index in [4.69, 9.17) is 9.47 Å². The highest BCUT2D eigenvalue weighted by Crippen LogP contribution is 2.72. The molecule has 0 amide bonds. The van der Waals surface area contributed by atoms with Crippen molar-refractivity contribution in [2.75, 3.05) is 0 Å². The highest BCUT2D eigenvalue weighted by molar-refractivity contribution is 5.66. The minimum Gasteiger partial charge on any atom is -0.462 e. The molecule has 0 aromatic rings. The van der Waals surface area contributed by atoms with Crippen LogP contribution in [0.1, 0.15) is 127 Å². The maximum absolute atomic E-state index is 11.8. The normalized spacial score (nSPS) is 46.7. The van der Waals surface area contributed by atoms with Gasteiger partial charge in [0, 0.05) is 18.8 Å². The zero-order chi connectivity index (χ0) is 25.6. The second-order valence-corrected chi connectivity index (χ2v) is 15.2. The van der Waals surface area contributed by atoms with Crippen LogP contribution in [0.15, 0.2) is 11.1 Å². The Morgan fingerprint density at radius 2 is 1.66 bits per heavy atom. The summed E-state index contributed by atoms with van der Waals surface area (Å²) in [5.41, 5.74) is 4.79. The van der Waals surface area contributed by atoms with Crippen molar-refractivity contribution in [3.63, 3.8) is 0 Å². The molecule has 5 rings (SSSR count). The molecule has 5 aliphatic rings. The van der Waals surface area contributed by atoms with Crippen LogP contribution in [-0.4, -0.2) is 23.8 Å². The van der Waals surface area contributed by atoms with Crippen molar-refractivity contribution in [2.24, 2.45) is 39.4 Å². The summed E-state index contributed by atoms with van der Waals surface area (Å²) in [6.07, 6.45) is 13.0. The van der Waals surface area contributed by atoms with Crippen LogP contribution in [0.25, 0.3) is 0 Å². The molecule has 0 radical (unpaired) electrons. The molecule has 35 heavy (non-hydrogen) atoms. The molecule has 3 unspecified atom stereocenters. The van der Waals surface area contributed by atoms with Crippen LogP contribution >= 0.6 is 0 Å². The fourth-order valence-corrected chi connectivity index (χ4v) is 10.7. The van der Waals surface area contributed by atoms with Gasteiger partial charge >= 0.3 is 5.97 Å². The average molecular weight is 485 g/mol. The molecule has 4 aliphatic carbocycles. The highest BCUT2D eigenvalue weighted by Gasteiger charge is 2.63. The first-order valence-electron chi connectivity index (χ1n) is 14.7. The van der Waals surface area contributed by atoms with Gasteiger partial charge in [0.2, 0.25) is 0 Å². The molecule has 1 saturated heterocycles. The molecular formula is C32H52O3. The van der Waals surface area contributed by atoms with Gasteiger partial charge in [0.25, 0.3) is 0 Å². The number of hydrogen-bond donors (Lipinski definition) is 0. The average Bonchev–Trinajstić information content (AvgIpc) is 3.00. The largest absolute Gasteiger partial charge is 0.462 e. The molecule has 0 N–H and O–H groups in total. The summed E-state index contributed by atoms with van der Waals surface area (Å²) >= 11 is 0. The van der Waals surface area contributed by atoms with Gasteiger partial charge in [0.05, 0.1) is 11.7 Å². The van der Waals surface area contributed by atoms with E-state index in [0.717, 1.165) is 18.3 Å². The molecule has 1 aliphatic heterocycles. The van der Waals surface area contributed by atoms with Gasteiger partial charge in [0.15, 0.2) is 0 Å². The molecule has 3 nitrogen and oxygen atoms in total. The number of carbonyl (C=O) groups is 1. The fourth-order valence-electron chi connectivity index (χ4n) is 10.7. The summed E-state index contributed by atoms with van der Waals surface area (Å²) in [6, 6.07) is 0. The van der Waals surface area contributed by atoms with Crippen LogP contribution in [0.5, 0.6) is 0 Å². The second kappa shape index (κ2) is 8.08. The maximum atomic E-state index is 11.8. The summed E-state index contributed by atoms with van der Waals surface area (Å²) in [4.78, 5) is 11.8. The Bertz CT molecular complexity index is 906. The van der Waals surface area contributed by atoms with Crippen molar-refractivity contribution in [2.45, 2.75) is 144 Å². The van der Waals surface area contributed by atoms with E-state index in [1.807, 2.05) is 11.1 Å². The van der Waals surface area contributed by atoms with Gasteiger partial charge in [-0.1, -0.05) is 52.7 Å². The first-order chi connectivity index (χ1) is 16.1. The van der Waals surface area contributed by atoms with Crippen molar-refractivity contribution in [3.8, 4) is 0 Å². The zero-order valence-electron chi connectivity index (χ0n) is 24.2. The lowest BCUT2D eigenvalue weighted by molar-refractivity contribution is -0.193. The van der Waals surface area contributed by atoms with Gasteiger partial charge < -0.3 is 9.47 Å². The second-order valence-electron chi connectivity index (χ2n) is 15.2. The number of hydrogen-bond acceptors (Lipinski definition) is 3. The molecule has 3 fully saturated rings. The predicted octanol–water partition coefficient (Wildman–Crippen LogP) is 8.26. The molecule has 3 heteroatoms. The van der Waals surface area contributed by atoms with E-state index in [1.54, 1.807) is 6.92 Å². The maximum Gasteiger partial charge on any atom is 0.302 e. The van der Waals surface area contributed by atoms with Crippen molar-refractivity contribution >= 4 is 5.97 Å². The van der Waals surface area contributed by atoms with E-state index < -0.39 is 0 Å². The minimum absolute atomic E-state index is 0.0299. The van der Waals surface area contributed by atoms with Crippen molar-refractivity contribution in [1.29, 1.82) is 0 Å². The van der Waals surface area contributed by atoms with Crippen LogP contribution in [0, 0.1) is 39.4 Å². The third-order valence-corrected chi connectivity index (χ3v) is 12.6. The van der Waals surface area contributed by atoms with E-state index in [2.05, 4.69) is 55.4 Å². The highest BCUT2D eigenvalue weighted by atomic mass is 16.5. The molecular weight excluding hydrogens is 432 g/mol. The lowest BCUT2D eigenvalue weighted by Gasteiger charge is -2.62. The van der Waals surface area contributed by atoms with Crippen molar-refractivity contribution in [1.82, 2.24) is 0 Å². The van der Waals surface area contributed by atoms with Crippen LogP contribution in [0.4, 0.5) is 0 Å². The lowest BCUT2D eigenvalue weighted by atomic mass is 9.43. The molecule has 0 aromatic heterocycles. The lowest BCUT2D eigenvalue weighted by Crippen LogP contribution is -2.55.